The molecule has 2 nitrogen and oxygen atoms in total. The quantitative estimate of drug-likeness (QED) is 0.184. The fraction of sp³-hybridized carbons (Fsp3) is 0.0213. The molecule has 2 aliphatic carbocycles. The van der Waals surface area contributed by atoms with Gasteiger partial charge in [0.1, 0.15) is 0 Å². The maximum Gasteiger partial charge on any atom is 0.0797 e. The highest BCUT2D eigenvalue weighted by molar-refractivity contribution is 7.13. The van der Waals surface area contributed by atoms with Crippen molar-refractivity contribution in [3.8, 4) is 65.4 Å². The zero-order valence-electron chi connectivity index (χ0n) is 27.4. The van der Waals surface area contributed by atoms with Crippen molar-refractivity contribution in [2.24, 2.45) is 0 Å². The van der Waals surface area contributed by atoms with E-state index in [2.05, 4.69) is 156 Å². The molecule has 4 heteroatoms. The van der Waals surface area contributed by atoms with E-state index in [1.807, 2.05) is 23.4 Å². The molecule has 0 amide bonds. The molecule has 0 unspecified atom stereocenters. The Morgan fingerprint density at radius 3 is 1.61 bits per heavy atom. The summed E-state index contributed by atoms with van der Waals surface area (Å²) in [5, 5.41) is 2.55. The molecule has 2 heterocycles. The summed E-state index contributed by atoms with van der Waals surface area (Å²) in [7, 11) is 0. The highest BCUT2D eigenvalue weighted by Crippen LogP contribution is 2.64. The standard InChI is InChI=1S/C47H28N2S2/c1-2-16-37-34(13-1)39(31-10-8-12-33(22-31)45-26-49-28-51-45)24-43-46(37)38-20-19-30(29-9-7-11-32(21-29)44-25-48-27-50-44)23-42(38)47(43)40-17-5-3-14-35(40)36-15-4-6-18-41(36)47/h1-28H. The van der Waals surface area contributed by atoms with Gasteiger partial charge in [0.2, 0.25) is 0 Å². The first-order valence-corrected chi connectivity index (χ1v) is 18.9. The van der Waals surface area contributed by atoms with E-state index in [1.54, 1.807) is 22.7 Å². The molecule has 0 N–H and O–H groups in total. The number of benzene rings is 7. The van der Waals surface area contributed by atoms with Crippen LogP contribution in [0.5, 0.6) is 0 Å². The Bertz CT molecular complexity index is 2770. The van der Waals surface area contributed by atoms with E-state index in [9.17, 15) is 0 Å². The first-order valence-electron chi connectivity index (χ1n) is 17.2. The normalized spacial score (nSPS) is 13.3. The fourth-order valence-electron chi connectivity index (χ4n) is 8.82. The number of hydrogen-bond donors (Lipinski definition) is 0. The van der Waals surface area contributed by atoms with Crippen molar-refractivity contribution in [3.05, 3.63) is 191 Å². The molecule has 9 aromatic rings. The van der Waals surface area contributed by atoms with Crippen molar-refractivity contribution in [2.45, 2.75) is 5.41 Å². The molecule has 0 aliphatic heterocycles. The molecule has 0 saturated carbocycles. The lowest BCUT2D eigenvalue weighted by Gasteiger charge is -2.31. The predicted molar refractivity (Wildman–Crippen MR) is 213 cm³/mol. The van der Waals surface area contributed by atoms with Crippen molar-refractivity contribution in [2.75, 3.05) is 0 Å². The van der Waals surface area contributed by atoms with Gasteiger partial charge in [0.25, 0.3) is 0 Å². The summed E-state index contributed by atoms with van der Waals surface area (Å²) in [5.74, 6) is 0. The van der Waals surface area contributed by atoms with Gasteiger partial charge < -0.3 is 0 Å². The van der Waals surface area contributed by atoms with Crippen LogP contribution in [0.2, 0.25) is 0 Å². The van der Waals surface area contributed by atoms with Gasteiger partial charge in [-0.05, 0) is 113 Å². The molecular formula is C47H28N2S2. The second-order valence-electron chi connectivity index (χ2n) is 13.4. The first-order chi connectivity index (χ1) is 25.3. The third kappa shape index (κ3) is 4.09. The third-order valence-corrected chi connectivity index (χ3v) is 12.5. The van der Waals surface area contributed by atoms with Gasteiger partial charge in [-0.25, -0.2) is 0 Å². The van der Waals surface area contributed by atoms with Crippen LogP contribution in [-0.4, -0.2) is 9.97 Å². The van der Waals surface area contributed by atoms with Crippen molar-refractivity contribution >= 4 is 33.4 Å². The molecule has 0 fully saturated rings. The molecule has 7 aromatic carbocycles. The summed E-state index contributed by atoms with van der Waals surface area (Å²) < 4.78 is 0. The number of thiazole rings is 2. The Morgan fingerprint density at radius 2 is 0.941 bits per heavy atom. The van der Waals surface area contributed by atoms with Gasteiger partial charge in [0, 0.05) is 12.4 Å². The van der Waals surface area contributed by atoms with Crippen LogP contribution < -0.4 is 0 Å². The SMILES string of the molecule is c1cc(-c2ccc3c(c2)C2(c4ccccc4-c4ccccc42)c2cc(-c4cccc(-c5cncs5)c4)c4ccccc4c2-3)cc(-c2cncs2)c1. The highest BCUT2D eigenvalue weighted by atomic mass is 32.1. The topological polar surface area (TPSA) is 25.8 Å². The molecule has 51 heavy (non-hydrogen) atoms. The minimum atomic E-state index is -0.475. The lowest BCUT2D eigenvalue weighted by atomic mass is 9.69. The van der Waals surface area contributed by atoms with Gasteiger partial charge in [0.05, 0.1) is 26.2 Å². The van der Waals surface area contributed by atoms with E-state index < -0.39 is 5.41 Å². The summed E-state index contributed by atoms with van der Waals surface area (Å²) in [4.78, 5) is 11.1. The molecule has 2 aliphatic rings. The van der Waals surface area contributed by atoms with Crippen molar-refractivity contribution in [3.63, 3.8) is 0 Å². The summed E-state index contributed by atoms with van der Waals surface area (Å²) in [6.07, 6.45) is 3.92. The highest BCUT2D eigenvalue weighted by Gasteiger charge is 2.52. The van der Waals surface area contributed by atoms with E-state index >= 15 is 0 Å². The monoisotopic (exact) mass is 684 g/mol. The first kappa shape index (κ1) is 28.9. The van der Waals surface area contributed by atoms with Crippen molar-refractivity contribution < 1.29 is 0 Å². The Hall–Kier alpha value is -5.94. The van der Waals surface area contributed by atoms with Gasteiger partial charge in [-0.2, -0.15) is 0 Å². The lowest BCUT2D eigenvalue weighted by molar-refractivity contribution is 0.795. The Morgan fingerprint density at radius 1 is 0.373 bits per heavy atom. The second-order valence-corrected chi connectivity index (χ2v) is 15.2. The minimum absolute atomic E-state index is 0.475. The van der Waals surface area contributed by atoms with Crippen LogP contribution in [-0.2, 0) is 5.41 Å². The molecule has 0 saturated heterocycles. The summed E-state index contributed by atoms with van der Waals surface area (Å²) in [6, 6.07) is 54.7. The van der Waals surface area contributed by atoms with Crippen LogP contribution in [0.1, 0.15) is 22.3 Å². The minimum Gasteiger partial charge on any atom is -0.252 e. The van der Waals surface area contributed by atoms with E-state index in [0.29, 0.717) is 0 Å². The van der Waals surface area contributed by atoms with Crippen LogP contribution >= 0.6 is 22.7 Å². The lowest BCUT2D eigenvalue weighted by Crippen LogP contribution is -2.26. The molecular weight excluding hydrogens is 657 g/mol. The Kier molecular flexibility index (Phi) is 6.24. The molecule has 2 aromatic heterocycles. The van der Waals surface area contributed by atoms with Gasteiger partial charge in [0.15, 0.2) is 0 Å². The number of rotatable bonds is 4. The maximum absolute atomic E-state index is 4.37. The average Bonchev–Trinajstić information content (AvgIpc) is 4.02. The zero-order valence-corrected chi connectivity index (χ0v) is 29.0. The summed E-state index contributed by atoms with van der Waals surface area (Å²) >= 11 is 3.36. The van der Waals surface area contributed by atoms with Crippen LogP contribution in [0.4, 0.5) is 0 Å². The molecule has 0 radical (unpaired) electrons. The fourth-order valence-corrected chi connectivity index (χ4v) is 10.1. The molecule has 238 valence electrons. The molecule has 0 bridgehead atoms. The van der Waals surface area contributed by atoms with Crippen LogP contribution in [0, 0.1) is 0 Å². The number of nitrogens with zero attached hydrogens (tertiary/aromatic N) is 2. The van der Waals surface area contributed by atoms with Crippen LogP contribution in [0.25, 0.3) is 76.2 Å². The van der Waals surface area contributed by atoms with Gasteiger partial charge >= 0.3 is 0 Å². The van der Waals surface area contributed by atoms with Crippen molar-refractivity contribution in [1.82, 2.24) is 9.97 Å². The van der Waals surface area contributed by atoms with E-state index in [1.165, 1.54) is 98.4 Å². The average molecular weight is 685 g/mol. The van der Waals surface area contributed by atoms with Crippen molar-refractivity contribution in [1.29, 1.82) is 0 Å². The maximum atomic E-state index is 4.37. The number of fused-ring (bicyclic) bond motifs is 12. The smallest absolute Gasteiger partial charge is 0.0797 e. The zero-order chi connectivity index (χ0) is 33.5. The summed E-state index contributed by atoms with van der Waals surface area (Å²) in [5.41, 5.74) is 21.3. The van der Waals surface area contributed by atoms with Crippen LogP contribution in [0.15, 0.2) is 169 Å². The molecule has 0 atom stereocenters. The predicted octanol–water partition coefficient (Wildman–Crippen LogP) is 12.8. The van der Waals surface area contributed by atoms with E-state index in [0.717, 1.165) is 0 Å². The van der Waals surface area contributed by atoms with E-state index in [-0.39, 0.29) is 0 Å². The third-order valence-electron chi connectivity index (χ3n) is 10.9. The number of aromatic nitrogens is 2. The van der Waals surface area contributed by atoms with Gasteiger partial charge in [-0.1, -0.05) is 121 Å². The largest absolute Gasteiger partial charge is 0.252 e. The van der Waals surface area contributed by atoms with Crippen LogP contribution in [0.3, 0.4) is 0 Å². The molecule has 11 rings (SSSR count). The second kappa shape index (κ2) is 11.0. The van der Waals surface area contributed by atoms with Gasteiger partial charge in [-0.15, -0.1) is 22.7 Å². The van der Waals surface area contributed by atoms with Gasteiger partial charge in [-0.3, -0.25) is 9.97 Å². The summed E-state index contributed by atoms with van der Waals surface area (Å²) in [6.45, 7) is 0. The number of hydrogen-bond acceptors (Lipinski definition) is 4. The van der Waals surface area contributed by atoms with E-state index in [4.69, 9.17) is 0 Å². The Balaban J connectivity index is 1.23. The molecule has 1 spiro atoms. The Labute approximate surface area is 304 Å².